The minimum absolute atomic E-state index is 0.0362. The van der Waals surface area contributed by atoms with E-state index in [4.69, 9.17) is 5.11 Å². The molecule has 1 N–H and O–H groups in total. The third-order valence-corrected chi connectivity index (χ3v) is 3.47. The van der Waals surface area contributed by atoms with Crippen LogP contribution in [0.2, 0.25) is 0 Å². The molecule has 2 aromatic rings. The molecule has 1 aliphatic carbocycles. The van der Waals surface area contributed by atoms with Crippen LogP contribution in [0.4, 0.5) is 0 Å². The third-order valence-electron chi connectivity index (χ3n) is 3.47. The van der Waals surface area contributed by atoms with Gasteiger partial charge in [0.1, 0.15) is 5.69 Å². The number of nitrogens with zero attached hydrogens (tertiary/aromatic N) is 5. The zero-order chi connectivity index (χ0) is 14.1. The van der Waals surface area contributed by atoms with Crippen LogP contribution in [0.3, 0.4) is 0 Å². The molecule has 0 radical (unpaired) electrons. The molecule has 0 saturated heterocycles. The maximum Gasteiger partial charge on any atom is 0.305 e. The van der Waals surface area contributed by atoms with E-state index in [-0.39, 0.29) is 12.5 Å². The summed E-state index contributed by atoms with van der Waals surface area (Å²) in [6.45, 7) is 1.90. The van der Waals surface area contributed by atoms with Gasteiger partial charge in [0.05, 0.1) is 12.5 Å². The Morgan fingerprint density at radius 2 is 2.30 bits per heavy atom. The topological polar surface area (TPSA) is 93.8 Å². The lowest BCUT2D eigenvalue weighted by Crippen LogP contribution is -2.18. The van der Waals surface area contributed by atoms with Crippen molar-refractivity contribution >= 4 is 5.97 Å². The highest BCUT2D eigenvalue weighted by Crippen LogP contribution is 2.42. The number of hydrogen-bond acceptors (Lipinski definition) is 5. The van der Waals surface area contributed by atoms with Crippen LogP contribution in [0.25, 0.3) is 11.5 Å². The van der Waals surface area contributed by atoms with Crippen molar-refractivity contribution in [3.63, 3.8) is 0 Å². The summed E-state index contributed by atoms with van der Waals surface area (Å²) < 4.78 is 1.62. The minimum atomic E-state index is -0.833. The fourth-order valence-corrected chi connectivity index (χ4v) is 2.37. The molecule has 0 amide bonds. The molecule has 3 rings (SSSR count). The first kappa shape index (κ1) is 12.7. The highest BCUT2D eigenvalue weighted by atomic mass is 16.4. The van der Waals surface area contributed by atoms with Crippen LogP contribution >= 0.6 is 0 Å². The largest absolute Gasteiger partial charge is 0.481 e. The molecule has 2 aromatic heterocycles. The molecule has 1 unspecified atom stereocenters. The summed E-state index contributed by atoms with van der Waals surface area (Å²) >= 11 is 0. The van der Waals surface area contributed by atoms with E-state index < -0.39 is 5.97 Å². The normalized spacial score (nSPS) is 16.1. The molecular formula is C13H15N5O2. The third kappa shape index (κ3) is 2.52. The molecule has 1 atom stereocenters. The number of aromatic nitrogens is 5. The molecule has 0 spiro atoms. The molecule has 0 bridgehead atoms. The van der Waals surface area contributed by atoms with Crippen molar-refractivity contribution in [3.8, 4) is 11.5 Å². The Bertz CT molecular complexity index is 635. The van der Waals surface area contributed by atoms with Gasteiger partial charge in [-0.25, -0.2) is 9.67 Å². The van der Waals surface area contributed by atoms with E-state index in [2.05, 4.69) is 20.5 Å². The van der Waals surface area contributed by atoms with Gasteiger partial charge in [-0.1, -0.05) is 6.07 Å². The van der Waals surface area contributed by atoms with Crippen LogP contribution in [-0.4, -0.2) is 36.3 Å². The Morgan fingerprint density at radius 1 is 1.50 bits per heavy atom. The van der Waals surface area contributed by atoms with E-state index in [0.29, 0.717) is 17.4 Å². The Hall–Kier alpha value is -2.31. The van der Waals surface area contributed by atoms with Crippen LogP contribution in [0.1, 0.15) is 31.0 Å². The first-order chi connectivity index (χ1) is 9.65. The van der Waals surface area contributed by atoms with Gasteiger partial charge >= 0.3 is 5.97 Å². The summed E-state index contributed by atoms with van der Waals surface area (Å²) in [7, 11) is 0. The highest BCUT2D eigenvalue weighted by Gasteiger charge is 2.36. The first-order valence-electron chi connectivity index (χ1n) is 6.59. The summed E-state index contributed by atoms with van der Waals surface area (Å²) in [5, 5.41) is 20.8. The van der Waals surface area contributed by atoms with Gasteiger partial charge in [-0.15, -0.1) is 5.10 Å². The second-order valence-corrected chi connectivity index (χ2v) is 5.11. The standard InChI is InChI=1S/C13H15N5O2/c1-8-3-2-4-10(14-8)13-15-16-17-18(13)11(7-12(19)20)9-5-6-9/h2-4,9,11H,5-7H2,1H3,(H,19,20). The lowest BCUT2D eigenvalue weighted by Gasteiger charge is -2.15. The molecule has 1 saturated carbocycles. The van der Waals surface area contributed by atoms with Gasteiger partial charge in [0.25, 0.3) is 0 Å². The fraction of sp³-hybridized carbons (Fsp3) is 0.462. The number of aryl methyl sites for hydroxylation is 1. The Kier molecular flexibility index (Phi) is 3.17. The average molecular weight is 273 g/mol. The highest BCUT2D eigenvalue weighted by molar-refractivity contribution is 5.67. The van der Waals surface area contributed by atoms with Gasteiger partial charge in [0.15, 0.2) is 0 Å². The first-order valence-corrected chi connectivity index (χ1v) is 6.59. The number of carboxylic acids is 1. The number of hydrogen-bond donors (Lipinski definition) is 1. The van der Waals surface area contributed by atoms with E-state index in [1.165, 1.54) is 0 Å². The summed E-state index contributed by atoms with van der Waals surface area (Å²) in [4.78, 5) is 15.4. The van der Waals surface area contributed by atoms with Gasteiger partial charge in [-0.2, -0.15) is 0 Å². The van der Waals surface area contributed by atoms with Crippen molar-refractivity contribution in [3.05, 3.63) is 23.9 Å². The van der Waals surface area contributed by atoms with Crippen LogP contribution in [0.5, 0.6) is 0 Å². The van der Waals surface area contributed by atoms with Crippen molar-refractivity contribution in [2.75, 3.05) is 0 Å². The van der Waals surface area contributed by atoms with E-state index in [0.717, 1.165) is 18.5 Å². The molecule has 1 aliphatic rings. The maximum atomic E-state index is 11.0. The molecule has 0 aliphatic heterocycles. The number of tetrazole rings is 1. The summed E-state index contributed by atoms with van der Waals surface area (Å²) in [5.74, 6) is 0.0468. The number of carboxylic acid groups (broad SMARTS) is 1. The Labute approximate surface area is 115 Å². The molecule has 1 fully saturated rings. The van der Waals surface area contributed by atoms with Gasteiger partial charge in [-0.05, 0) is 48.2 Å². The van der Waals surface area contributed by atoms with Crippen molar-refractivity contribution in [1.82, 2.24) is 25.2 Å². The van der Waals surface area contributed by atoms with Gasteiger partial charge in [0, 0.05) is 5.69 Å². The minimum Gasteiger partial charge on any atom is -0.481 e. The zero-order valence-corrected chi connectivity index (χ0v) is 11.1. The quantitative estimate of drug-likeness (QED) is 0.886. The Balaban J connectivity index is 1.98. The monoisotopic (exact) mass is 273 g/mol. The summed E-state index contributed by atoms with van der Waals surface area (Å²) in [5.41, 5.74) is 1.55. The molecule has 20 heavy (non-hydrogen) atoms. The predicted octanol–water partition coefficient (Wildman–Crippen LogP) is 1.47. The maximum absolute atomic E-state index is 11.0. The van der Waals surface area contributed by atoms with Crippen LogP contribution < -0.4 is 0 Å². The number of carbonyl (C=O) groups is 1. The van der Waals surface area contributed by atoms with E-state index >= 15 is 0 Å². The molecule has 7 heteroatoms. The van der Waals surface area contributed by atoms with Crippen LogP contribution in [0, 0.1) is 12.8 Å². The molecule has 0 aromatic carbocycles. The summed E-state index contributed by atoms with van der Waals surface area (Å²) in [6, 6.07) is 5.42. The predicted molar refractivity (Wildman–Crippen MR) is 69.8 cm³/mol. The Morgan fingerprint density at radius 3 is 2.95 bits per heavy atom. The van der Waals surface area contributed by atoms with E-state index in [1.807, 2.05) is 25.1 Å². The fourth-order valence-electron chi connectivity index (χ4n) is 2.37. The average Bonchev–Trinajstić information content (AvgIpc) is 3.12. The lowest BCUT2D eigenvalue weighted by atomic mass is 10.1. The zero-order valence-electron chi connectivity index (χ0n) is 11.1. The molecular weight excluding hydrogens is 258 g/mol. The molecule has 2 heterocycles. The molecule has 104 valence electrons. The van der Waals surface area contributed by atoms with E-state index in [1.54, 1.807) is 4.68 Å². The van der Waals surface area contributed by atoms with Crippen LogP contribution in [-0.2, 0) is 4.79 Å². The summed E-state index contributed by atoms with van der Waals surface area (Å²) in [6.07, 6.45) is 2.09. The lowest BCUT2D eigenvalue weighted by molar-refractivity contribution is -0.138. The van der Waals surface area contributed by atoms with Crippen molar-refractivity contribution in [2.24, 2.45) is 5.92 Å². The SMILES string of the molecule is Cc1cccc(-c2nnnn2C(CC(=O)O)C2CC2)n1. The second-order valence-electron chi connectivity index (χ2n) is 5.11. The smallest absolute Gasteiger partial charge is 0.305 e. The van der Waals surface area contributed by atoms with Crippen LogP contribution in [0.15, 0.2) is 18.2 Å². The van der Waals surface area contributed by atoms with Gasteiger partial charge in [0.2, 0.25) is 5.82 Å². The number of rotatable bonds is 5. The van der Waals surface area contributed by atoms with Crippen molar-refractivity contribution in [1.29, 1.82) is 0 Å². The van der Waals surface area contributed by atoms with Gasteiger partial charge < -0.3 is 5.11 Å². The molecule has 7 nitrogen and oxygen atoms in total. The van der Waals surface area contributed by atoms with E-state index in [9.17, 15) is 4.79 Å². The van der Waals surface area contributed by atoms with Crippen molar-refractivity contribution in [2.45, 2.75) is 32.2 Å². The van der Waals surface area contributed by atoms with Crippen molar-refractivity contribution < 1.29 is 9.90 Å². The number of pyridine rings is 1. The second kappa shape index (κ2) is 4.99. The van der Waals surface area contributed by atoms with Gasteiger partial charge in [-0.3, -0.25) is 4.79 Å². The number of aliphatic carboxylic acids is 1.